The minimum atomic E-state index is -0.0180. The van der Waals surface area contributed by atoms with Crippen LogP contribution < -0.4 is 11.5 Å². The smallest absolute Gasteiger partial charge is 0.115 e. The minimum absolute atomic E-state index is 0. The molecule has 74 valence electrons. The Morgan fingerprint density at radius 3 is 2.23 bits per heavy atom. The van der Waals surface area contributed by atoms with Crippen LogP contribution in [-0.4, -0.2) is 11.7 Å². The number of hydrogen-bond donors (Lipinski definition) is 3. The van der Waals surface area contributed by atoms with E-state index in [1.54, 1.807) is 12.1 Å². The van der Waals surface area contributed by atoms with Gasteiger partial charge >= 0.3 is 0 Å². The summed E-state index contributed by atoms with van der Waals surface area (Å²) in [5, 5.41) is 9.00. The first-order valence-corrected chi connectivity index (χ1v) is 3.98. The minimum Gasteiger partial charge on any atom is -0.508 e. The highest BCUT2D eigenvalue weighted by atomic mass is 35.5. The summed E-state index contributed by atoms with van der Waals surface area (Å²) in [5.74, 6) is 0.263. The third-order valence-electron chi connectivity index (χ3n) is 1.80. The van der Waals surface area contributed by atoms with Gasteiger partial charge in [0.05, 0.1) is 0 Å². The summed E-state index contributed by atoms with van der Waals surface area (Å²) in [6.07, 6.45) is 0.769. The Morgan fingerprint density at radius 1 is 1.23 bits per heavy atom. The van der Waals surface area contributed by atoms with Crippen LogP contribution in [0.3, 0.4) is 0 Å². The van der Waals surface area contributed by atoms with Crippen LogP contribution in [-0.2, 0) is 0 Å². The van der Waals surface area contributed by atoms with Gasteiger partial charge in [0, 0.05) is 6.04 Å². The molecule has 13 heavy (non-hydrogen) atoms. The molecule has 0 amide bonds. The Hall–Kier alpha value is -0.770. The van der Waals surface area contributed by atoms with Crippen LogP contribution in [0.15, 0.2) is 24.3 Å². The van der Waals surface area contributed by atoms with Gasteiger partial charge in [-0.25, -0.2) is 0 Å². The number of benzene rings is 1. The molecule has 1 aromatic rings. The zero-order chi connectivity index (χ0) is 8.97. The number of aromatic hydroxyl groups is 1. The fourth-order valence-corrected chi connectivity index (χ4v) is 1.07. The van der Waals surface area contributed by atoms with E-state index in [1.165, 1.54) is 0 Å². The van der Waals surface area contributed by atoms with Crippen molar-refractivity contribution in [2.75, 3.05) is 6.54 Å². The second-order valence-electron chi connectivity index (χ2n) is 2.78. The Labute approximate surface area is 84.2 Å². The van der Waals surface area contributed by atoms with Crippen molar-refractivity contribution in [1.82, 2.24) is 0 Å². The molecule has 1 aromatic carbocycles. The van der Waals surface area contributed by atoms with Crippen molar-refractivity contribution in [3.63, 3.8) is 0 Å². The molecule has 0 heterocycles. The molecular formula is C9H15ClN2O. The summed E-state index contributed by atoms with van der Waals surface area (Å²) in [6.45, 7) is 0.585. The summed E-state index contributed by atoms with van der Waals surface area (Å²) < 4.78 is 0. The summed E-state index contributed by atoms with van der Waals surface area (Å²) >= 11 is 0. The lowest BCUT2D eigenvalue weighted by atomic mass is 10.1. The summed E-state index contributed by atoms with van der Waals surface area (Å²) in [5.41, 5.74) is 12.2. The lowest BCUT2D eigenvalue weighted by Crippen LogP contribution is -2.14. The summed E-state index contributed by atoms with van der Waals surface area (Å²) in [6, 6.07) is 6.87. The molecule has 5 N–H and O–H groups in total. The third-order valence-corrected chi connectivity index (χ3v) is 1.80. The summed E-state index contributed by atoms with van der Waals surface area (Å²) in [4.78, 5) is 0. The van der Waals surface area contributed by atoms with Crippen LogP contribution in [0, 0.1) is 0 Å². The van der Waals surface area contributed by atoms with E-state index in [0.717, 1.165) is 12.0 Å². The van der Waals surface area contributed by atoms with Crippen molar-refractivity contribution in [3.8, 4) is 5.75 Å². The highest BCUT2D eigenvalue weighted by molar-refractivity contribution is 5.85. The van der Waals surface area contributed by atoms with Gasteiger partial charge in [-0.3, -0.25) is 0 Å². The molecule has 0 unspecified atom stereocenters. The van der Waals surface area contributed by atoms with E-state index in [1.807, 2.05) is 12.1 Å². The number of phenols is 1. The van der Waals surface area contributed by atoms with Crippen molar-refractivity contribution < 1.29 is 5.11 Å². The highest BCUT2D eigenvalue weighted by Crippen LogP contribution is 2.16. The molecule has 4 heteroatoms. The molecule has 0 radical (unpaired) electrons. The van der Waals surface area contributed by atoms with Crippen molar-refractivity contribution in [2.45, 2.75) is 12.5 Å². The molecule has 0 aromatic heterocycles. The lowest BCUT2D eigenvalue weighted by Gasteiger charge is -2.09. The monoisotopic (exact) mass is 202 g/mol. The van der Waals surface area contributed by atoms with E-state index in [0.29, 0.717) is 6.54 Å². The van der Waals surface area contributed by atoms with Crippen LogP contribution in [0.4, 0.5) is 0 Å². The van der Waals surface area contributed by atoms with Crippen molar-refractivity contribution in [3.05, 3.63) is 29.8 Å². The SMILES string of the molecule is Cl.NCC[C@@H](N)c1ccc(O)cc1. The van der Waals surface area contributed by atoms with E-state index >= 15 is 0 Å². The summed E-state index contributed by atoms with van der Waals surface area (Å²) in [7, 11) is 0. The highest BCUT2D eigenvalue weighted by Gasteiger charge is 2.03. The average molecular weight is 203 g/mol. The third kappa shape index (κ3) is 3.63. The normalized spacial score (nSPS) is 11.8. The largest absolute Gasteiger partial charge is 0.508 e. The standard InChI is InChI=1S/C9H14N2O.ClH/c10-6-5-9(11)7-1-3-8(12)4-2-7;/h1-4,9,12H,5-6,10-11H2;1H/t9-;/m1./s1. The fraction of sp³-hybridized carbons (Fsp3) is 0.333. The molecule has 0 aliphatic rings. The van der Waals surface area contributed by atoms with E-state index in [2.05, 4.69) is 0 Å². The molecule has 1 rings (SSSR count). The number of rotatable bonds is 3. The van der Waals surface area contributed by atoms with Crippen molar-refractivity contribution >= 4 is 12.4 Å². The Morgan fingerprint density at radius 2 is 1.77 bits per heavy atom. The van der Waals surface area contributed by atoms with Crippen LogP contribution in [0.25, 0.3) is 0 Å². The molecule has 0 aliphatic carbocycles. The van der Waals surface area contributed by atoms with E-state index in [4.69, 9.17) is 16.6 Å². The molecule has 0 aliphatic heterocycles. The van der Waals surface area contributed by atoms with Crippen molar-refractivity contribution in [2.24, 2.45) is 11.5 Å². The van der Waals surface area contributed by atoms with Gasteiger partial charge in [-0.2, -0.15) is 0 Å². The average Bonchev–Trinajstić information content (AvgIpc) is 2.06. The van der Waals surface area contributed by atoms with Crippen LogP contribution in [0.2, 0.25) is 0 Å². The predicted molar refractivity (Wildman–Crippen MR) is 56.0 cm³/mol. The number of halogens is 1. The van der Waals surface area contributed by atoms with Crippen LogP contribution in [0.1, 0.15) is 18.0 Å². The Bertz CT molecular complexity index is 238. The van der Waals surface area contributed by atoms with Crippen LogP contribution >= 0.6 is 12.4 Å². The molecule has 1 atom stereocenters. The lowest BCUT2D eigenvalue weighted by molar-refractivity contribution is 0.474. The number of phenolic OH excluding ortho intramolecular Hbond substituents is 1. The maximum absolute atomic E-state index is 9.00. The maximum Gasteiger partial charge on any atom is 0.115 e. The zero-order valence-corrected chi connectivity index (χ0v) is 8.13. The second kappa shape index (κ2) is 5.80. The van der Waals surface area contributed by atoms with Gasteiger partial charge in [0.1, 0.15) is 5.75 Å². The first-order valence-electron chi connectivity index (χ1n) is 3.98. The molecular weight excluding hydrogens is 188 g/mol. The predicted octanol–water partition coefficient (Wildman–Crippen LogP) is 1.16. The molecule has 0 fully saturated rings. The first-order chi connectivity index (χ1) is 5.74. The van der Waals surface area contributed by atoms with Crippen LogP contribution in [0.5, 0.6) is 5.75 Å². The Kier molecular flexibility index (Phi) is 5.46. The Balaban J connectivity index is 0.00000144. The number of hydrogen-bond acceptors (Lipinski definition) is 3. The second-order valence-corrected chi connectivity index (χ2v) is 2.78. The van der Waals surface area contributed by atoms with Gasteiger partial charge in [0.2, 0.25) is 0 Å². The zero-order valence-electron chi connectivity index (χ0n) is 7.31. The quantitative estimate of drug-likeness (QED) is 0.689. The number of nitrogens with two attached hydrogens (primary N) is 2. The molecule has 3 nitrogen and oxygen atoms in total. The van der Waals surface area contributed by atoms with Gasteiger partial charge in [-0.15, -0.1) is 12.4 Å². The van der Waals surface area contributed by atoms with Gasteiger partial charge in [-0.1, -0.05) is 12.1 Å². The topological polar surface area (TPSA) is 72.3 Å². The van der Waals surface area contributed by atoms with Gasteiger partial charge < -0.3 is 16.6 Å². The molecule has 0 saturated carbocycles. The fourth-order valence-electron chi connectivity index (χ4n) is 1.07. The van der Waals surface area contributed by atoms with Crippen molar-refractivity contribution in [1.29, 1.82) is 0 Å². The van der Waals surface area contributed by atoms with E-state index < -0.39 is 0 Å². The molecule has 0 saturated heterocycles. The van der Waals surface area contributed by atoms with E-state index in [-0.39, 0.29) is 24.2 Å². The van der Waals surface area contributed by atoms with Gasteiger partial charge in [-0.05, 0) is 30.7 Å². The molecule has 0 spiro atoms. The van der Waals surface area contributed by atoms with E-state index in [9.17, 15) is 0 Å². The van der Waals surface area contributed by atoms with Gasteiger partial charge in [0.15, 0.2) is 0 Å². The first kappa shape index (κ1) is 12.2. The maximum atomic E-state index is 9.00. The van der Waals surface area contributed by atoms with Gasteiger partial charge in [0.25, 0.3) is 0 Å². The molecule has 0 bridgehead atoms.